The largest absolute Gasteiger partial charge is 0.395 e. The van der Waals surface area contributed by atoms with Crippen LogP contribution in [-0.2, 0) is 0 Å². The Morgan fingerprint density at radius 3 is 2.50 bits per heavy atom. The first-order valence-corrected chi connectivity index (χ1v) is 6.28. The van der Waals surface area contributed by atoms with E-state index in [4.69, 9.17) is 5.11 Å². The van der Waals surface area contributed by atoms with Crippen molar-refractivity contribution < 1.29 is 9.90 Å². The van der Waals surface area contributed by atoms with Gasteiger partial charge in [-0.05, 0) is 17.7 Å². The third kappa shape index (κ3) is 2.95. The lowest BCUT2D eigenvalue weighted by Gasteiger charge is -2.15. The summed E-state index contributed by atoms with van der Waals surface area (Å²) in [6, 6.07) is 12.6. The van der Waals surface area contributed by atoms with Gasteiger partial charge < -0.3 is 15.0 Å². The van der Waals surface area contributed by atoms with Gasteiger partial charge in [-0.1, -0.05) is 30.3 Å². The predicted molar refractivity (Wildman–Crippen MR) is 76.5 cm³/mol. The van der Waals surface area contributed by atoms with Crippen LogP contribution in [0.1, 0.15) is 10.4 Å². The number of carbonyl (C=O) groups is 1. The molecule has 2 rings (SSSR count). The first kappa shape index (κ1) is 14.0. The summed E-state index contributed by atoms with van der Waals surface area (Å²) in [5, 5.41) is 8.81. The molecule has 0 aliphatic rings. The fraction of sp³-hybridized carbons (Fsp3) is 0.200. The van der Waals surface area contributed by atoms with Crippen molar-refractivity contribution in [2.24, 2.45) is 0 Å². The van der Waals surface area contributed by atoms with Gasteiger partial charge in [0.05, 0.1) is 6.61 Å². The Labute approximate surface area is 116 Å². The van der Waals surface area contributed by atoms with Crippen LogP contribution in [0.3, 0.4) is 0 Å². The van der Waals surface area contributed by atoms with Gasteiger partial charge in [0.2, 0.25) is 0 Å². The number of aliphatic hydroxyl groups excluding tert-OH is 1. The van der Waals surface area contributed by atoms with E-state index in [0.717, 1.165) is 5.56 Å². The molecule has 1 aromatic heterocycles. The summed E-state index contributed by atoms with van der Waals surface area (Å²) in [7, 11) is 1.54. The van der Waals surface area contributed by atoms with Crippen LogP contribution < -0.4 is 5.56 Å². The van der Waals surface area contributed by atoms with Crippen LogP contribution in [0.25, 0.3) is 11.3 Å². The summed E-state index contributed by atoms with van der Waals surface area (Å²) in [5.41, 5.74) is 1.19. The highest BCUT2D eigenvalue weighted by atomic mass is 16.3. The second-order valence-electron chi connectivity index (χ2n) is 4.43. The van der Waals surface area contributed by atoms with E-state index in [1.165, 1.54) is 11.0 Å². The highest BCUT2D eigenvalue weighted by molar-refractivity contribution is 5.93. The maximum Gasteiger partial charge on any atom is 0.261 e. The van der Waals surface area contributed by atoms with Gasteiger partial charge in [0.15, 0.2) is 0 Å². The van der Waals surface area contributed by atoms with Crippen molar-refractivity contribution in [3.05, 3.63) is 58.4 Å². The van der Waals surface area contributed by atoms with E-state index in [0.29, 0.717) is 5.69 Å². The Bertz CT molecular complexity index is 650. The number of aromatic amines is 1. The van der Waals surface area contributed by atoms with Crippen LogP contribution in [0.15, 0.2) is 47.3 Å². The van der Waals surface area contributed by atoms with E-state index in [1.807, 2.05) is 30.3 Å². The molecule has 1 aromatic carbocycles. The van der Waals surface area contributed by atoms with Gasteiger partial charge in [-0.25, -0.2) is 0 Å². The minimum absolute atomic E-state index is 0.0700. The number of rotatable bonds is 4. The molecule has 0 radical (unpaired) electrons. The molecule has 0 saturated heterocycles. The molecule has 0 aliphatic heterocycles. The van der Waals surface area contributed by atoms with Gasteiger partial charge in [-0.2, -0.15) is 0 Å². The molecule has 1 amide bonds. The van der Waals surface area contributed by atoms with Crippen LogP contribution in [0.5, 0.6) is 0 Å². The van der Waals surface area contributed by atoms with Gasteiger partial charge in [0, 0.05) is 19.3 Å². The van der Waals surface area contributed by atoms with E-state index >= 15 is 0 Å². The molecule has 0 spiro atoms. The molecule has 104 valence electrons. The summed E-state index contributed by atoms with van der Waals surface area (Å²) >= 11 is 0. The number of aliphatic hydroxyl groups is 1. The molecular formula is C15H16N2O3. The van der Waals surface area contributed by atoms with E-state index in [9.17, 15) is 9.59 Å². The first-order valence-electron chi connectivity index (χ1n) is 6.28. The smallest absolute Gasteiger partial charge is 0.261 e. The third-order valence-corrected chi connectivity index (χ3v) is 3.01. The predicted octanol–water partition coefficient (Wildman–Crippen LogP) is 1.11. The van der Waals surface area contributed by atoms with Gasteiger partial charge in [0.25, 0.3) is 11.5 Å². The zero-order valence-electron chi connectivity index (χ0n) is 11.2. The monoisotopic (exact) mass is 272 g/mol. The Morgan fingerprint density at radius 2 is 1.90 bits per heavy atom. The standard InChI is InChI=1S/C15H16N2O3/c1-17(9-10-18)15(20)12-7-8-13(16-14(12)19)11-5-3-2-4-6-11/h2-8,18H,9-10H2,1H3,(H,16,19). The van der Waals surface area contributed by atoms with Crippen molar-refractivity contribution in [3.63, 3.8) is 0 Å². The van der Waals surface area contributed by atoms with Gasteiger partial charge >= 0.3 is 0 Å². The van der Waals surface area contributed by atoms with Crippen LogP contribution in [-0.4, -0.2) is 41.1 Å². The second-order valence-corrected chi connectivity index (χ2v) is 4.43. The summed E-state index contributed by atoms with van der Waals surface area (Å²) < 4.78 is 0. The number of hydrogen-bond acceptors (Lipinski definition) is 3. The van der Waals surface area contributed by atoms with Crippen LogP contribution in [0.2, 0.25) is 0 Å². The Morgan fingerprint density at radius 1 is 1.20 bits per heavy atom. The third-order valence-electron chi connectivity index (χ3n) is 3.01. The van der Waals surface area contributed by atoms with Crippen molar-refractivity contribution >= 4 is 5.91 Å². The lowest BCUT2D eigenvalue weighted by molar-refractivity contribution is 0.0765. The van der Waals surface area contributed by atoms with E-state index in [-0.39, 0.29) is 18.7 Å². The number of likely N-dealkylation sites (N-methyl/N-ethyl adjacent to an activating group) is 1. The molecule has 0 bridgehead atoms. The Hall–Kier alpha value is -2.40. The molecule has 20 heavy (non-hydrogen) atoms. The first-order chi connectivity index (χ1) is 9.63. The van der Waals surface area contributed by atoms with E-state index < -0.39 is 11.5 Å². The fourth-order valence-corrected chi connectivity index (χ4v) is 1.89. The lowest BCUT2D eigenvalue weighted by atomic mass is 10.1. The number of amides is 1. The van der Waals surface area contributed by atoms with Crippen LogP contribution >= 0.6 is 0 Å². The zero-order valence-corrected chi connectivity index (χ0v) is 11.2. The van der Waals surface area contributed by atoms with Crippen molar-refractivity contribution in [2.75, 3.05) is 20.2 Å². The number of aromatic nitrogens is 1. The molecule has 0 fully saturated rings. The maximum absolute atomic E-state index is 12.0. The molecule has 0 aliphatic carbocycles. The number of pyridine rings is 1. The summed E-state index contributed by atoms with van der Waals surface area (Å²) in [5.74, 6) is -0.403. The molecule has 2 aromatic rings. The van der Waals surface area contributed by atoms with Crippen molar-refractivity contribution in [1.82, 2.24) is 9.88 Å². The molecule has 2 N–H and O–H groups in total. The number of benzene rings is 1. The summed E-state index contributed by atoms with van der Waals surface area (Å²) in [6.07, 6.45) is 0. The molecule has 0 saturated carbocycles. The molecule has 0 unspecified atom stereocenters. The lowest BCUT2D eigenvalue weighted by Crippen LogP contribution is -2.33. The normalized spacial score (nSPS) is 10.3. The van der Waals surface area contributed by atoms with Gasteiger partial charge in [-0.15, -0.1) is 0 Å². The SMILES string of the molecule is CN(CCO)C(=O)c1ccc(-c2ccccc2)[nH]c1=O. The maximum atomic E-state index is 12.0. The number of nitrogens with zero attached hydrogens (tertiary/aromatic N) is 1. The average Bonchev–Trinajstić information content (AvgIpc) is 2.47. The van der Waals surface area contributed by atoms with Crippen molar-refractivity contribution in [1.29, 1.82) is 0 Å². The topological polar surface area (TPSA) is 73.4 Å². The summed E-state index contributed by atoms with van der Waals surface area (Å²) in [6.45, 7) is 0.0565. The van der Waals surface area contributed by atoms with Crippen molar-refractivity contribution in [3.8, 4) is 11.3 Å². The number of carbonyl (C=O) groups excluding carboxylic acids is 1. The molecule has 0 atom stereocenters. The molecular weight excluding hydrogens is 256 g/mol. The zero-order chi connectivity index (χ0) is 14.5. The fourth-order valence-electron chi connectivity index (χ4n) is 1.89. The quantitative estimate of drug-likeness (QED) is 0.875. The van der Waals surface area contributed by atoms with E-state index in [2.05, 4.69) is 4.98 Å². The molecule has 1 heterocycles. The Balaban J connectivity index is 2.32. The minimum atomic E-state index is -0.429. The Kier molecular flexibility index (Phi) is 4.32. The highest BCUT2D eigenvalue weighted by Gasteiger charge is 2.15. The minimum Gasteiger partial charge on any atom is -0.395 e. The van der Waals surface area contributed by atoms with E-state index in [1.54, 1.807) is 13.1 Å². The number of nitrogens with one attached hydrogen (secondary N) is 1. The number of hydrogen-bond donors (Lipinski definition) is 2. The van der Waals surface area contributed by atoms with Crippen LogP contribution in [0.4, 0.5) is 0 Å². The molecule has 5 heteroatoms. The molecule has 5 nitrogen and oxygen atoms in total. The van der Waals surface area contributed by atoms with Crippen LogP contribution in [0, 0.1) is 0 Å². The number of H-pyrrole nitrogens is 1. The highest BCUT2D eigenvalue weighted by Crippen LogP contribution is 2.14. The van der Waals surface area contributed by atoms with Crippen molar-refractivity contribution in [2.45, 2.75) is 0 Å². The van der Waals surface area contributed by atoms with Gasteiger partial charge in [-0.3, -0.25) is 9.59 Å². The average molecular weight is 272 g/mol. The second kappa shape index (κ2) is 6.16. The summed E-state index contributed by atoms with van der Waals surface area (Å²) in [4.78, 5) is 28.0. The van der Waals surface area contributed by atoms with Gasteiger partial charge in [0.1, 0.15) is 5.56 Å².